The maximum atomic E-state index is 14.4. The van der Waals surface area contributed by atoms with Crippen molar-refractivity contribution in [1.82, 2.24) is 0 Å². The van der Waals surface area contributed by atoms with Crippen LogP contribution in [0.25, 0.3) is 0 Å². The van der Waals surface area contributed by atoms with Gasteiger partial charge in [0.15, 0.2) is 5.78 Å². The lowest BCUT2D eigenvalue weighted by molar-refractivity contribution is -0.297. The summed E-state index contributed by atoms with van der Waals surface area (Å²) in [4.78, 5) is 40.9. The molecule has 2 aliphatic rings. The molecular weight excluding hydrogens is 656 g/mol. The molecule has 0 saturated heterocycles. The Kier molecular flexibility index (Phi) is 13.1. The summed E-state index contributed by atoms with van der Waals surface area (Å²) in [7, 11) is 3.15. The van der Waals surface area contributed by atoms with Crippen LogP contribution in [0.15, 0.2) is 61.2 Å². The minimum absolute atomic E-state index is 0.0551. The van der Waals surface area contributed by atoms with Gasteiger partial charge in [-0.3, -0.25) is 4.79 Å². The maximum Gasteiger partial charge on any atom is 0.332 e. The molecule has 11 nitrogen and oxygen atoms in total. The number of carbonyl (C=O) groups is 3. The standard InChI is InChI=1S/C40H54O11/c1-9-25(2)20-31(41)40(45)26(3)36(51-34(43)24-49-22-28-12-16-30(47-8)17-13-28)35(44)37-38(4,5)19-18-32(39(37,40)6)50-33(42)23-48-21-27-10-14-29(46-7)15-11-27/h9-17,25-26,32,35-37,44-45H,1,18-24H2,2-8H3/t25-,26+,32-,35+,36+,37+,39+,40-/m1/s1. The molecule has 0 heterocycles. The molecule has 4 rings (SSSR count). The van der Waals surface area contributed by atoms with Crippen molar-refractivity contribution in [2.24, 2.45) is 28.6 Å². The molecule has 0 bridgehead atoms. The first-order valence-electron chi connectivity index (χ1n) is 17.5. The Morgan fingerprint density at radius 3 is 1.84 bits per heavy atom. The normalized spacial score (nSPS) is 28.8. The van der Waals surface area contributed by atoms with Crippen molar-refractivity contribution in [2.45, 2.75) is 91.0 Å². The fourth-order valence-electron chi connectivity index (χ4n) is 8.25. The fraction of sp³-hybridized carbons (Fsp3) is 0.575. The van der Waals surface area contributed by atoms with Crippen molar-refractivity contribution in [2.75, 3.05) is 27.4 Å². The van der Waals surface area contributed by atoms with Gasteiger partial charge in [-0.05, 0) is 59.6 Å². The lowest BCUT2D eigenvalue weighted by atomic mass is 9.41. The van der Waals surface area contributed by atoms with Crippen LogP contribution in [0.2, 0.25) is 0 Å². The molecule has 0 aromatic heterocycles. The maximum absolute atomic E-state index is 14.4. The molecule has 8 atom stereocenters. The second kappa shape index (κ2) is 16.7. The number of aliphatic hydroxyl groups excluding tert-OH is 1. The second-order valence-electron chi connectivity index (χ2n) is 14.8. The topological polar surface area (TPSA) is 147 Å². The van der Waals surface area contributed by atoms with E-state index in [2.05, 4.69) is 6.58 Å². The number of ether oxygens (including phenoxy) is 6. The van der Waals surface area contributed by atoms with E-state index >= 15 is 0 Å². The van der Waals surface area contributed by atoms with E-state index < -0.39 is 70.9 Å². The zero-order chi connectivity index (χ0) is 37.6. The molecule has 0 aliphatic heterocycles. The first-order valence-corrected chi connectivity index (χ1v) is 17.5. The Morgan fingerprint density at radius 1 is 0.882 bits per heavy atom. The largest absolute Gasteiger partial charge is 0.497 e. The average Bonchev–Trinajstić information content (AvgIpc) is 3.10. The zero-order valence-corrected chi connectivity index (χ0v) is 30.9. The van der Waals surface area contributed by atoms with Gasteiger partial charge in [-0.1, -0.05) is 65.0 Å². The van der Waals surface area contributed by atoms with Crippen LogP contribution in [-0.4, -0.2) is 79.3 Å². The highest BCUT2D eigenvalue weighted by molar-refractivity contribution is 5.89. The zero-order valence-electron chi connectivity index (χ0n) is 30.9. The number of hydrogen-bond acceptors (Lipinski definition) is 11. The van der Waals surface area contributed by atoms with Gasteiger partial charge in [0, 0.05) is 23.7 Å². The lowest BCUT2D eigenvalue weighted by Crippen LogP contribution is -2.77. The minimum atomic E-state index is -2.17. The fourth-order valence-corrected chi connectivity index (χ4v) is 8.25. The first kappa shape index (κ1) is 40.0. The third kappa shape index (κ3) is 8.49. The van der Waals surface area contributed by atoms with Crippen LogP contribution >= 0.6 is 0 Å². The van der Waals surface area contributed by atoms with Crippen LogP contribution in [0.5, 0.6) is 11.5 Å². The molecule has 11 heteroatoms. The molecule has 51 heavy (non-hydrogen) atoms. The van der Waals surface area contributed by atoms with E-state index in [0.717, 1.165) is 11.1 Å². The number of Topliss-reactive ketones (excluding diaryl/α,β-unsaturated/α-hetero) is 1. The number of methoxy groups -OCH3 is 2. The van der Waals surface area contributed by atoms with E-state index in [4.69, 9.17) is 28.4 Å². The molecular formula is C40H54O11. The average molecular weight is 711 g/mol. The van der Waals surface area contributed by atoms with Gasteiger partial charge in [-0.15, -0.1) is 6.58 Å². The van der Waals surface area contributed by atoms with Crippen molar-refractivity contribution in [3.8, 4) is 11.5 Å². The number of allylic oxidation sites excluding steroid dienone is 1. The van der Waals surface area contributed by atoms with E-state index in [9.17, 15) is 24.6 Å². The monoisotopic (exact) mass is 710 g/mol. The smallest absolute Gasteiger partial charge is 0.332 e. The third-order valence-electron chi connectivity index (χ3n) is 11.0. The Morgan fingerprint density at radius 2 is 1.37 bits per heavy atom. The second-order valence-corrected chi connectivity index (χ2v) is 14.8. The Balaban J connectivity index is 1.57. The summed E-state index contributed by atoms with van der Waals surface area (Å²) in [5.41, 5.74) is -2.64. The van der Waals surface area contributed by atoms with Gasteiger partial charge in [0.2, 0.25) is 0 Å². The predicted molar refractivity (Wildman–Crippen MR) is 189 cm³/mol. The summed E-state index contributed by atoms with van der Waals surface area (Å²) in [6.45, 7) is 12.3. The van der Waals surface area contributed by atoms with Crippen LogP contribution in [0.1, 0.15) is 65.0 Å². The van der Waals surface area contributed by atoms with Crippen LogP contribution < -0.4 is 9.47 Å². The lowest BCUT2D eigenvalue weighted by Gasteiger charge is -2.66. The van der Waals surface area contributed by atoms with Gasteiger partial charge in [-0.2, -0.15) is 0 Å². The van der Waals surface area contributed by atoms with Crippen molar-refractivity contribution in [3.05, 3.63) is 72.3 Å². The summed E-state index contributed by atoms with van der Waals surface area (Å²) in [6, 6.07) is 14.4. The first-order chi connectivity index (χ1) is 24.1. The molecule has 2 aromatic rings. The van der Waals surface area contributed by atoms with Crippen molar-refractivity contribution in [1.29, 1.82) is 0 Å². The van der Waals surface area contributed by atoms with Crippen molar-refractivity contribution in [3.63, 3.8) is 0 Å². The van der Waals surface area contributed by atoms with Gasteiger partial charge in [0.25, 0.3) is 0 Å². The van der Waals surface area contributed by atoms with Crippen molar-refractivity contribution < 1.29 is 53.0 Å². The highest BCUT2D eigenvalue weighted by Gasteiger charge is 2.74. The number of esters is 2. The molecule has 2 fully saturated rings. The summed E-state index contributed by atoms with van der Waals surface area (Å²) in [5.74, 6) is -2.70. The van der Waals surface area contributed by atoms with Gasteiger partial charge >= 0.3 is 11.9 Å². The molecule has 2 saturated carbocycles. The number of ketones is 1. The molecule has 0 unspecified atom stereocenters. The van der Waals surface area contributed by atoms with Crippen LogP contribution in [-0.2, 0) is 46.5 Å². The number of hydrogen-bond donors (Lipinski definition) is 2. The quantitative estimate of drug-likeness (QED) is 0.175. The van der Waals surface area contributed by atoms with Gasteiger partial charge < -0.3 is 38.6 Å². The van der Waals surface area contributed by atoms with Crippen LogP contribution in [0.4, 0.5) is 0 Å². The van der Waals surface area contributed by atoms with Gasteiger partial charge in [0.05, 0.1) is 33.5 Å². The molecule has 0 spiro atoms. The van der Waals surface area contributed by atoms with E-state index in [1.807, 2.05) is 45.0 Å². The Labute approximate surface area is 301 Å². The number of aliphatic hydroxyl groups is 2. The highest BCUT2D eigenvalue weighted by atomic mass is 16.6. The van der Waals surface area contributed by atoms with E-state index in [-0.39, 0.29) is 32.2 Å². The summed E-state index contributed by atoms with van der Waals surface area (Å²) < 4.78 is 33.6. The van der Waals surface area contributed by atoms with E-state index in [1.165, 1.54) is 0 Å². The van der Waals surface area contributed by atoms with Crippen molar-refractivity contribution >= 4 is 17.7 Å². The number of carbonyl (C=O) groups excluding carboxylic acids is 3. The summed E-state index contributed by atoms with van der Waals surface area (Å²) in [5, 5.41) is 25.0. The third-order valence-corrected chi connectivity index (χ3v) is 11.0. The van der Waals surface area contributed by atoms with Crippen LogP contribution in [0.3, 0.4) is 0 Å². The predicted octanol–water partition coefficient (Wildman–Crippen LogP) is 5.23. The summed E-state index contributed by atoms with van der Waals surface area (Å²) >= 11 is 0. The number of benzene rings is 2. The molecule has 280 valence electrons. The Bertz CT molecular complexity index is 1500. The van der Waals surface area contributed by atoms with Crippen LogP contribution in [0, 0.1) is 28.6 Å². The van der Waals surface area contributed by atoms with E-state index in [1.54, 1.807) is 58.4 Å². The molecule has 2 aliphatic carbocycles. The SMILES string of the molecule is C=C[C@@H](C)CC(=O)[C@]1(O)[C@@H](C)[C@H](OC(=O)COCc2ccc(OC)cc2)[C@H](O)[C@H]2C(C)(C)CC[C@@H](OC(=O)COCc3ccc(OC)cc3)[C@@]21C. The Hall–Kier alpha value is -3.77. The minimum Gasteiger partial charge on any atom is -0.497 e. The van der Waals surface area contributed by atoms with Gasteiger partial charge in [0.1, 0.15) is 42.5 Å². The molecule has 2 aromatic carbocycles. The summed E-state index contributed by atoms with van der Waals surface area (Å²) in [6.07, 6.45) is -1.10. The molecule has 0 amide bonds. The molecule has 2 N–H and O–H groups in total. The molecule has 0 radical (unpaired) electrons. The van der Waals surface area contributed by atoms with E-state index in [0.29, 0.717) is 24.3 Å². The van der Waals surface area contributed by atoms with Gasteiger partial charge in [-0.25, -0.2) is 9.59 Å². The number of rotatable bonds is 16. The number of fused-ring (bicyclic) bond motifs is 1. The highest BCUT2D eigenvalue weighted by Crippen LogP contribution is 2.64.